The Labute approximate surface area is 223 Å². The van der Waals surface area contributed by atoms with Crippen LogP contribution in [0.5, 0.6) is 0 Å². The molecule has 6 N–H and O–H groups in total. The van der Waals surface area contributed by atoms with Gasteiger partial charge in [-0.3, -0.25) is 14.2 Å². The summed E-state index contributed by atoms with van der Waals surface area (Å²) in [6, 6.07) is 0.0892. The number of hydrogen-bond donors (Lipinski definition) is 5. The summed E-state index contributed by atoms with van der Waals surface area (Å²) in [5, 5.41) is 26.5. The smallest absolute Gasteiger partial charge is 0.411 e. The summed E-state index contributed by atoms with van der Waals surface area (Å²) in [6.07, 6.45) is 0.313. The molecule has 0 radical (unpaired) electrons. The molecule has 210 valence electrons. The molecule has 1 saturated carbocycles. The molecule has 3 aliphatic heterocycles. The minimum atomic E-state index is -1.40. The number of aliphatic hydroxyl groups excluding tert-OH is 2. The Hall–Kier alpha value is -3.56. The normalized spacial score (nSPS) is 29.2. The van der Waals surface area contributed by atoms with E-state index in [1.54, 1.807) is 4.90 Å². The maximum Gasteiger partial charge on any atom is 0.411 e. The molecule has 2 aromatic rings. The Bertz CT molecular complexity index is 1270. The lowest BCUT2D eigenvalue weighted by molar-refractivity contribution is -0.138. The van der Waals surface area contributed by atoms with E-state index >= 15 is 0 Å². The van der Waals surface area contributed by atoms with E-state index in [1.807, 2.05) is 0 Å². The Morgan fingerprint density at radius 1 is 1.18 bits per heavy atom. The second-order valence-electron chi connectivity index (χ2n) is 10.7. The maximum absolute atomic E-state index is 12.5. The number of fused-ring (bicyclic) bond motifs is 1. The van der Waals surface area contributed by atoms with E-state index in [0.717, 1.165) is 32.1 Å². The first-order valence-electron chi connectivity index (χ1n) is 13.3. The van der Waals surface area contributed by atoms with Crippen LogP contribution in [0.1, 0.15) is 50.6 Å². The molecule has 3 amide bonds. The second-order valence-corrected chi connectivity index (χ2v) is 10.7. The molecule has 3 saturated heterocycles. The predicted molar refractivity (Wildman–Crippen MR) is 132 cm³/mol. The number of carbonyl (C=O) groups is 3. The van der Waals surface area contributed by atoms with Gasteiger partial charge in [-0.05, 0) is 38.0 Å². The lowest BCUT2D eigenvalue weighted by Gasteiger charge is -2.34. The van der Waals surface area contributed by atoms with Gasteiger partial charge in [0.05, 0.1) is 12.7 Å². The van der Waals surface area contributed by atoms with Crippen LogP contribution in [-0.4, -0.2) is 96.2 Å². The fourth-order valence-electron chi connectivity index (χ4n) is 5.23. The number of anilines is 1. The zero-order valence-electron chi connectivity index (χ0n) is 21.2. The fourth-order valence-corrected chi connectivity index (χ4v) is 5.23. The van der Waals surface area contributed by atoms with Gasteiger partial charge in [0.25, 0.3) is 5.91 Å². The number of aromatic nitrogens is 4. The summed E-state index contributed by atoms with van der Waals surface area (Å²) < 4.78 is 12.5. The number of amides is 3. The predicted octanol–water partition coefficient (Wildman–Crippen LogP) is -1.07. The number of aryl methyl sites for hydroxylation is 1. The zero-order chi connectivity index (χ0) is 27.3. The molecule has 5 atom stereocenters. The molecule has 4 fully saturated rings. The number of imidazole rings is 1. The van der Waals surface area contributed by atoms with Gasteiger partial charge in [0.2, 0.25) is 5.91 Å². The van der Waals surface area contributed by atoms with Crippen molar-refractivity contribution >= 4 is 34.9 Å². The molecule has 4 aliphatic rings. The van der Waals surface area contributed by atoms with Gasteiger partial charge >= 0.3 is 6.09 Å². The van der Waals surface area contributed by atoms with E-state index in [4.69, 9.17) is 15.2 Å². The maximum atomic E-state index is 12.5. The quantitative estimate of drug-likeness (QED) is 0.265. The summed E-state index contributed by atoms with van der Waals surface area (Å²) in [5.41, 5.74) is 6.85. The van der Waals surface area contributed by atoms with Gasteiger partial charge in [-0.1, -0.05) is 0 Å². The average molecular weight is 545 g/mol. The van der Waals surface area contributed by atoms with Crippen LogP contribution in [-0.2, 0) is 25.5 Å². The van der Waals surface area contributed by atoms with Crippen molar-refractivity contribution in [3.63, 3.8) is 0 Å². The molecule has 6 rings (SSSR count). The van der Waals surface area contributed by atoms with Crippen molar-refractivity contribution in [1.29, 1.82) is 0 Å². The number of carbonyl (C=O) groups excluding carboxylic acids is 3. The number of rotatable bonds is 7. The summed E-state index contributed by atoms with van der Waals surface area (Å²) in [7, 11) is 0. The van der Waals surface area contributed by atoms with Crippen LogP contribution in [0.25, 0.3) is 11.2 Å². The topological polar surface area (TPSA) is 207 Å². The number of nitrogens with two attached hydrogens (primary N) is 1. The number of likely N-dealkylation sites (tertiary alicyclic amines) is 1. The van der Waals surface area contributed by atoms with Crippen molar-refractivity contribution in [2.75, 3.05) is 18.8 Å². The van der Waals surface area contributed by atoms with Crippen molar-refractivity contribution in [2.24, 2.45) is 5.92 Å². The van der Waals surface area contributed by atoms with Gasteiger partial charge < -0.3 is 41.0 Å². The summed E-state index contributed by atoms with van der Waals surface area (Å²) in [4.78, 5) is 50.7. The number of piperidine rings is 1. The Balaban J connectivity index is 1.07. The molecule has 15 heteroatoms. The highest BCUT2D eigenvalue weighted by Gasteiger charge is 2.48. The highest BCUT2D eigenvalue weighted by molar-refractivity contribution is 5.84. The van der Waals surface area contributed by atoms with Crippen LogP contribution in [0.3, 0.4) is 0 Å². The van der Waals surface area contributed by atoms with E-state index in [-0.39, 0.29) is 24.2 Å². The number of aliphatic hydroxyl groups is 2. The van der Waals surface area contributed by atoms with Crippen molar-refractivity contribution < 1.29 is 34.1 Å². The molecule has 0 bridgehead atoms. The standard InChI is InChI=1S/C24H32N8O7/c25-20-16-21(32(10-26-16)23-18(35)17(34)19(39-23)22(36)27-12-2-3-12)29-13(28-20)4-1-11-5-7-31(8-6-11)24(37)38-15-9-14(33)30-15/h10-12,15,17-19,23,34-35H,1-9H2,(H,27,36)(H,30,33)(H2,25,28,29)/t15?,17?,18?,19-,23+/m0/s1. The third-order valence-electron chi connectivity index (χ3n) is 7.77. The van der Waals surface area contributed by atoms with E-state index in [2.05, 4.69) is 25.6 Å². The third-order valence-corrected chi connectivity index (χ3v) is 7.77. The van der Waals surface area contributed by atoms with Crippen molar-refractivity contribution in [1.82, 2.24) is 35.1 Å². The Kier molecular flexibility index (Phi) is 6.72. The lowest BCUT2D eigenvalue weighted by atomic mass is 9.92. The molecule has 3 unspecified atom stereocenters. The van der Waals surface area contributed by atoms with Crippen LogP contribution < -0.4 is 16.4 Å². The molecule has 1 aliphatic carbocycles. The molecule has 5 heterocycles. The number of ether oxygens (including phenoxy) is 2. The van der Waals surface area contributed by atoms with E-state index < -0.39 is 42.8 Å². The number of nitrogen functional groups attached to an aromatic ring is 1. The molecule has 15 nitrogen and oxygen atoms in total. The van der Waals surface area contributed by atoms with Crippen LogP contribution in [0, 0.1) is 5.92 Å². The van der Waals surface area contributed by atoms with Gasteiger partial charge in [-0.2, -0.15) is 0 Å². The number of nitrogens with zero attached hydrogens (tertiary/aromatic N) is 5. The number of nitrogens with one attached hydrogen (secondary N) is 2. The SMILES string of the molecule is Nc1nc(CCC2CCN(C(=O)OC3CC(=O)N3)CC2)nc2c1ncn2[C@@H]1O[C@H](C(=O)NC2CC2)C(O)C1O. The fraction of sp³-hybridized carbons (Fsp3) is 0.667. The molecule has 2 aromatic heterocycles. The molecule has 0 spiro atoms. The van der Waals surface area contributed by atoms with E-state index in [9.17, 15) is 24.6 Å². The largest absolute Gasteiger partial charge is 0.425 e. The summed E-state index contributed by atoms with van der Waals surface area (Å²) >= 11 is 0. The monoisotopic (exact) mass is 544 g/mol. The minimum absolute atomic E-state index is 0.0892. The first-order chi connectivity index (χ1) is 18.8. The Morgan fingerprint density at radius 3 is 2.62 bits per heavy atom. The first kappa shape index (κ1) is 25.7. The Morgan fingerprint density at radius 2 is 1.92 bits per heavy atom. The summed E-state index contributed by atoms with van der Waals surface area (Å²) in [6.45, 7) is 1.13. The van der Waals surface area contributed by atoms with Gasteiger partial charge in [0.15, 0.2) is 30.0 Å². The molecular formula is C24H32N8O7. The molecule has 0 aromatic carbocycles. The average Bonchev–Trinajstić information content (AvgIpc) is 3.54. The van der Waals surface area contributed by atoms with Crippen molar-refractivity contribution in [3.8, 4) is 0 Å². The number of hydrogen-bond acceptors (Lipinski definition) is 11. The van der Waals surface area contributed by atoms with E-state index in [0.29, 0.717) is 42.4 Å². The van der Waals surface area contributed by atoms with Gasteiger partial charge in [-0.25, -0.2) is 19.7 Å². The highest BCUT2D eigenvalue weighted by Crippen LogP contribution is 2.33. The van der Waals surface area contributed by atoms with Gasteiger partial charge in [0.1, 0.15) is 23.5 Å². The van der Waals surface area contributed by atoms with Gasteiger partial charge in [0, 0.05) is 25.6 Å². The zero-order valence-corrected chi connectivity index (χ0v) is 21.2. The van der Waals surface area contributed by atoms with Crippen molar-refractivity contribution in [3.05, 3.63) is 12.2 Å². The lowest BCUT2D eigenvalue weighted by Crippen LogP contribution is -2.53. The van der Waals surface area contributed by atoms with Crippen LogP contribution >= 0.6 is 0 Å². The number of β-lactam (4-membered cyclic amide) rings is 1. The third kappa shape index (κ3) is 5.21. The van der Waals surface area contributed by atoms with Gasteiger partial charge in [-0.15, -0.1) is 0 Å². The highest BCUT2D eigenvalue weighted by atomic mass is 16.6. The molecule has 39 heavy (non-hydrogen) atoms. The van der Waals surface area contributed by atoms with Crippen LogP contribution in [0.15, 0.2) is 6.33 Å². The van der Waals surface area contributed by atoms with E-state index in [1.165, 1.54) is 10.9 Å². The van der Waals surface area contributed by atoms with Crippen LogP contribution in [0.2, 0.25) is 0 Å². The van der Waals surface area contributed by atoms with Crippen molar-refractivity contribution in [2.45, 2.75) is 81.8 Å². The first-order valence-corrected chi connectivity index (χ1v) is 13.3. The van der Waals surface area contributed by atoms with Crippen LogP contribution in [0.4, 0.5) is 10.6 Å². The second kappa shape index (κ2) is 10.2. The summed E-state index contributed by atoms with van der Waals surface area (Å²) in [5.74, 6) is 0.454. The molecular weight excluding hydrogens is 512 g/mol. The minimum Gasteiger partial charge on any atom is -0.425 e.